The standard InChI is InChI=1S/C22H17NO3/c23-13-20-3-1-2-4-21(20)18-9-7-17(8-10-18)15-26-22(25)19-11-5-16(14-24)6-12-19/h1-12,24H,14-15H2. The molecule has 0 saturated heterocycles. The fraction of sp³-hybridized carbons (Fsp3) is 0.0909. The van der Waals surface area contributed by atoms with Crippen LogP contribution in [0.15, 0.2) is 72.8 Å². The van der Waals surface area contributed by atoms with Gasteiger partial charge in [-0.05, 0) is 40.5 Å². The van der Waals surface area contributed by atoms with Crippen LogP contribution in [0.5, 0.6) is 0 Å². The van der Waals surface area contributed by atoms with Gasteiger partial charge in [-0.3, -0.25) is 0 Å². The van der Waals surface area contributed by atoms with Gasteiger partial charge in [-0.2, -0.15) is 5.26 Å². The van der Waals surface area contributed by atoms with Gasteiger partial charge in [0.1, 0.15) is 6.61 Å². The third-order valence-electron chi connectivity index (χ3n) is 4.05. The summed E-state index contributed by atoms with van der Waals surface area (Å²) in [6.45, 7) is 0.108. The van der Waals surface area contributed by atoms with Gasteiger partial charge >= 0.3 is 5.97 Å². The predicted molar refractivity (Wildman–Crippen MR) is 98.1 cm³/mol. The highest BCUT2D eigenvalue weighted by atomic mass is 16.5. The van der Waals surface area contributed by atoms with E-state index in [9.17, 15) is 10.1 Å². The molecular formula is C22H17NO3. The van der Waals surface area contributed by atoms with Crippen molar-refractivity contribution in [1.29, 1.82) is 5.26 Å². The molecule has 3 rings (SSSR count). The van der Waals surface area contributed by atoms with Crippen LogP contribution in [-0.2, 0) is 18.0 Å². The van der Waals surface area contributed by atoms with Gasteiger partial charge in [-0.1, -0.05) is 54.6 Å². The zero-order chi connectivity index (χ0) is 18.4. The Morgan fingerprint density at radius 2 is 1.58 bits per heavy atom. The molecule has 0 aliphatic carbocycles. The van der Waals surface area contributed by atoms with Gasteiger partial charge in [0.25, 0.3) is 0 Å². The van der Waals surface area contributed by atoms with E-state index in [4.69, 9.17) is 9.84 Å². The van der Waals surface area contributed by atoms with Gasteiger partial charge in [-0.25, -0.2) is 4.79 Å². The van der Waals surface area contributed by atoms with Gasteiger partial charge in [0.2, 0.25) is 0 Å². The number of hydrogen-bond acceptors (Lipinski definition) is 4. The molecule has 3 aromatic carbocycles. The Kier molecular flexibility index (Phi) is 5.43. The van der Waals surface area contributed by atoms with Gasteiger partial charge in [-0.15, -0.1) is 0 Å². The summed E-state index contributed by atoms with van der Waals surface area (Å²) >= 11 is 0. The average molecular weight is 343 g/mol. The summed E-state index contributed by atoms with van der Waals surface area (Å²) in [5, 5.41) is 18.2. The molecule has 0 aliphatic rings. The van der Waals surface area contributed by atoms with Crippen molar-refractivity contribution in [2.75, 3.05) is 0 Å². The first-order valence-electron chi connectivity index (χ1n) is 8.16. The predicted octanol–water partition coefficient (Wildman–Crippen LogP) is 4.07. The number of nitriles is 1. The molecule has 0 heterocycles. The SMILES string of the molecule is N#Cc1ccccc1-c1ccc(COC(=O)c2ccc(CO)cc2)cc1. The smallest absolute Gasteiger partial charge is 0.338 e. The van der Waals surface area contributed by atoms with Crippen LogP contribution < -0.4 is 0 Å². The summed E-state index contributed by atoms with van der Waals surface area (Å²) < 4.78 is 5.32. The topological polar surface area (TPSA) is 70.3 Å². The summed E-state index contributed by atoms with van der Waals surface area (Å²) in [6.07, 6.45) is 0. The lowest BCUT2D eigenvalue weighted by molar-refractivity contribution is 0.0472. The Hall–Kier alpha value is -3.42. The van der Waals surface area contributed by atoms with E-state index >= 15 is 0 Å². The van der Waals surface area contributed by atoms with E-state index in [0.29, 0.717) is 11.1 Å². The van der Waals surface area contributed by atoms with Crippen LogP contribution >= 0.6 is 0 Å². The first-order valence-corrected chi connectivity index (χ1v) is 8.16. The van der Waals surface area contributed by atoms with E-state index in [0.717, 1.165) is 22.3 Å². The maximum absolute atomic E-state index is 12.1. The number of benzene rings is 3. The lowest BCUT2D eigenvalue weighted by atomic mass is 9.99. The molecule has 0 spiro atoms. The molecule has 0 bridgehead atoms. The van der Waals surface area contributed by atoms with Crippen LogP contribution in [0.1, 0.15) is 27.0 Å². The largest absolute Gasteiger partial charge is 0.457 e. The number of rotatable bonds is 5. The quantitative estimate of drug-likeness (QED) is 0.709. The Labute approximate surface area is 151 Å². The molecule has 4 heteroatoms. The molecule has 0 unspecified atom stereocenters. The number of nitrogens with zero attached hydrogens (tertiary/aromatic N) is 1. The zero-order valence-electron chi connectivity index (χ0n) is 14.1. The number of ether oxygens (including phenoxy) is 1. The van der Waals surface area contributed by atoms with Crippen molar-refractivity contribution < 1.29 is 14.6 Å². The van der Waals surface area contributed by atoms with E-state index in [1.807, 2.05) is 42.5 Å². The van der Waals surface area contributed by atoms with Crippen molar-refractivity contribution in [1.82, 2.24) is 0 Å². The average Bonchev–Trinajstić information content (AvgIpc) is 2.72. The van der Waals surface area contributed by atoms with Crippen LogP contribution in [0.3, 0.4) is 0 Å². The highest BCUT2D eigenvalue weighted by Gasteiger charge is 2.08. The number of aliphatic hydroxyl groups is 1. The molecule has 0 saturated carbocycles. The van der Waals surface area contributed by atoms with Gasteiger partial charge in [0.05, 0.1) is 23.8 Å². The molecule has 4 nitrogen and oxygen atoms in total. The molecule has 0 radical (unpaired) electrons. The van der Waals surface area contributed by atoms with Crippen molar-refractivity contribution in [2.24, 2.45) is 0 Å². The second kappa shape index (κ2) is 8.11. The second-order valence-corrected chi connectivity index (χ2v) is 5.79. The fourth-order valence-electron chi connectivity index (χ4n) is 2.59. The first-order chi connectivity index (χ1) is 12.7. The minimum absolute atomic E-state index is 0.0589. The summed E-state index contributed by atoms with van der Waals surface area (Å²) in [6, 6.07) is 23.9. The van der Waals surface area contributed by atoms with Crippen molar-refractivity contribution in [3.63, 3.8) is 0 Å². The van der Waals surface area contributed by atoms with E-state index in [1.54, 1.807) is 30.3 Å². The van der Waals surface area contributed by atoms with Crippen molar-refractivity contribution >= 4 is 5.97 Å². The molecule has 3 aromatic rings. The minimum atomic E-state index is -0.409. The zero-order valence-corrected chi connectivity index (χ0v) is 14.1. The van der Waals surface area contributed by atoms with Crippen LogP contribution in [0.4, 0.5) is 0 Å². The van der Waals surface area contributed by atoms with Crippen molar-refractivity contribution in [2.45, 2.75) is 13.2 Å². The summed E-state index contributed by atoms with van der Waals surface area (Å²) in [5.41, 5.74) is 4.50. The summed E-state index contributed by atoms with van der Waals surface area (Å²) in [4.78, 5) is 12.1. The van der Waals surface area contributed by atoms with E-state index in [-0.39, 0.29) is 13.2 Å². The van der Waals surface area contributed by atoms with Gasteiger partial charge in [0.15, 0.2) is 0 Å². The van der Waals surface area contributed by atoms with Crippen LogP contribution in [0.2, 0.25) is 0 Å². The van der Waals surface area contributed by atoms with E-state index in [2.05, 4.69) is 6.07 Å². The molecular weight excluding hydrogens is 326 g/mol. The van der Waals surface area contributed by atoms with Crippen molar-refractivity contribution in [3.05, 3.63) is 95.1 Å². The summed E-state index contributed by atoms with van der Waals surface area (Å²) in [5.74, 6) is -0.409. The van der Waals surface area contributed by atoms with Crippen molar-refractivity contribution in [3.8, 4) is 17.2 Å². The van der Waals surface area contributed by atoms with Crippen LogP contribution in [-0.4, -0.2) is 11.1 Å². The maximum Gasteiger partial charge on any atom is 0.338 e. The number of aliphatic hydroxyl groups excluding tert-OH is 1. The Balaban J connectivity index is 1.66. The number of carbonyl (C=O) groups is 1. The van der Waals surface area contributed by atoms with Gasteiger partial charge in [0, 0.05) is 0 Å². The molecule has 26 heavy (non-hydrogen) atoms. The van der Waals surface area contributed by atoms with Gasteiger partial charge < -0.3 is 9.84 Å². The Morgan fingerprint density at radius 3 is 2.23 bits per heavy atom. The molecule has 0 aromatic heterocycles. The maximum atomic E-state index is 12.1. The lowest BCUT2D eigenvalue weighted by Gasteiger charge is -2.08. The first kappa shape index (κ1) is 17.4. The van der Waals surface area contributed by atoms with E-state index in [1.165, 1.54) is 0 Å². The van der Waals surface area contributed by atoms with E-state index < -0.39 is 5.97 Å². The normalized spacial score (nSPS) is 10.2. The number of hydrogen-bond donors (Lipinski definition) is 1. The van der Waals surface area contributed by atoms with Crippen LogP contribution in [0.25, 0.3) is 11.1 Å². The second-order valence-electron chi connectivity index (χ2n) is 5.79. The Bertz CT molecular complexity index is 938. The number of esters is 1. The Morgan fingerprint density at radius 1 is 0.923 bits per heavy atom. The molecule has 1 N–H and O–H groups in total. The summed E-state index contributed by atoms with van der Waals surface area (Å²) in [7, 11) is 0. The molecule has 0 amide bonds. The fourth-order valence-corrected chi connectivity index (χ4v) is 2.59. The van der Waals surface area contributed by atoms with Crippen LogP contribution in [0, 0.1) is 11.3 Å². The minimum Gasteiger partial charge on any atom is -0.457 e. The highest BCUT2D eigenvalue weighted by molar-refractivity contribution is 5.89. The molecule has 0 atom stereocenters. The number of carbonyl (C=O) groups excluding carboxylic acids is 1. The third-order valence-corrected chi connectivity index (χ3v) is 4.05. The monoisotopic (exact) mass is 343 g/mol. The molecule has 0 aliphatic heterocycles. The molecule has 128 valence electrons. The highest BCUT2D eigenvalue weighted by Crippen LogP contribution is 2.23. The lowest BCUT2D eigenvalue weighted by Crippen LogP contribution is -2.05. The third kappa shape index (κ3) is 3.97. The molecule has 0 fully saturated rings.